The van der Waals surface area contributed by atoms with Crippen LogP contribution in [0, 0.1) is 10.1 Å². The van der Waals surface area contributed by atoms with Crippen molar-refractivity contribution >= 4 is 17.3 Å². The number of aromatic nitrogens is 2. The number of nitro groups is 1. The second kappa shape index (κ2) is 5.79. The zero-order valence-corrected chi connectivity index (χ0v) is 10.5. The van der Waals surface area contributed by atoms with E-state index in [2.05, 4.69) is 9.97 Å². The molecule has 0 unspecified atom stereocenters. The summed E-state index contributed by atoms with van der Waals surface area (Å²) in [6, 6.07) is 0.167. The fourth-order valence-electron chi connectivity index (χ4n) is 2.55. The molecule has 1 aromatic heterocycles. The normalized spacial score (nSPS) is 15.6. The quantitative estimate of drug-likeness (QED) is 0.595. The molecule has 0 spiro atoms. The molecule has 1 aliphatic carbocycles. The summed E-state index contributed by atoms with van der Waals surface area (Å²) in [6.07, 6.45) is 5.28. The topological polar surface area (TPSA) is 118 Å². The van der Waals surface area contributed by atoms with Crippen LogP contribution in [0.25, 0.3) is 0 Å². The van der Waals surface area contributed by atoms with Crippen LogP contribution in [0.4, 0.5) is 17.3 Å². The van der Waals surface area contributed by atoms with Crippen LogP contribution in [-0.2, 0) is 0 Å². The van der Waals surface area contributed by atoms with Crippen LogP contribution in [0.3, 0.4) is 0 Å². The van der Waals surface area contributed by atoms with Gasteiger partial charge in [0.1, 0.15) is 6.33 Å². The Hall–Kier alpha value is -1.96. The first-order chi connectivity index (χ1) is 9.15. The first-order valence-electron chi connectivity index (χ1n) is 6.27. The molecule has 2 rings (SSSR count). The monoisotopic (exact) mass is 267 g/mol. The third kappa shape index (κ3) is 2.73. The molecule has 0 aromatic carbocycles. The van der Waals surface area contributed by atoms with Crippen molar-refractivity contribution in [2.24, 2.45) is 0 Å². The number of nitrogens with zero attached hydrogens (tertiary/aromatic N) is 4. The highest BCUT2D eigenvalue weighted by Gasteiger charge is 2.31. The molecule has 8 heteroatoms. The van der Waals surface area contributed by atoms with Gasteiger partial charge in [-0.15, -0.1) is 0 Å². The average molecular weight is 267 g/mol. The van der Waals surface area contributed by atoms with E-state index in [0.717, 1.165) is 25.7 Å². The van der Waals surface area contributed by atoms with Crippen molar-refractivity contribution in [3.05, 3.63) is 16.4 Å². The zero-order chi connectivity index (χ0) is 13.8. The molecule has 104 valence electrons. The number of nitrogen functional groups attached to an aromatic ring is 1. The summed E-state index contributed by atoms with van der Waals surface area (Å²) in [5, 5.41) is 20.3. The highest BCUT2D eigenvalue weighted by atomic mass is 16.6. The summed E-state index contributed by atoms with van der Waals surface area (Å²) in [5.74, 6) is 0.0642. The van der Waals surface area contributed by atoms with Crippen LogP contribution in [0.2, 0.25) is 0 Å². The maximum absolute atomic E-state index is 11.1. The minimum absolute atomic E-state index is 0.0858. The molecular formula is C11H17N5O3. The predicted molar refractivity (Wildman–Crippen MR) is 69.8 cm³/mol. The molecule has 0 bridgehead atoms. The fourth-order valence-corrected chi connectivity index (χ4v) is 2.55. The largest absolute Gasteiger partial charge is 0.395 e. The first kappa shape index (κ1) is 13.5. The van der Waals surface area contributed by atoms with E-state index in [0.29, 0.717) is 6.54 Å². The maximum Gasteiger partial charge on any atom is 0.353 e. The molecule has 1 heterocycles. The number of anilines is 2. The number of rotatable bonds is 5. The molecule has 1 aromatic rings. The van der Waals surface area contributed by atoms with Gasteiger partial charge in [-0.05, 0) is 12.8 Å². The second-order valence-corrected chi connectivity index (χ2v) is 4.54. The van der Waals surface area contributed by atoms with Crippen LogP contribution in [0.15, 0.2) is 6.33 Å². The molecule has 0 radical (unpaired) electrons. The van der Waals surface area contributed by atoms with E-state index < -0.39 is 4.92 Å². The molecule has 1 aliphatic rings. The van der Waals surface area contributed by atoms with Gasteiger partial charge in [-0.2, -0.15) is 0 Å². The standard InChI is InChI=1S/C11H17N5O3/c12-10-9(16(18)19)11(14-7-13-10)15(5-6-17)8-3-1-2-4-8/h7-8,17H,1-6H2,(H2,12,13,14). The fraction of sp³-hybridized carbons (Fsp3) is 0.636. The van der Waals surface area contributed by atoms with Crippen molar-refractivity contribution in [1.29, 1.82) is 0 Å². The van der Waals surface area contributed by atoms with Gasteiger partial charge in [-0.1, -0.05) is 12.8 Å². The Balaban J connectivity index is 2.40. The Morgan fingerprint density at radius 2 is 2.16 bits per heavy atom. The molecule has 8 nitrogen and oxygen atoms in total. The molecule has 1 fully saturated rings. The van der Waals surface area contributed by atoms with E-state index in [1.807, 2.05) is 0 Å². The second-order valence-electron chi connectivity index (χ2n) is 4.54. The van der Waals surface area contributed by atoms with Crippen molar-refractivity contribution in [3.63, 3.8) is 0 Å². The third-order valence-corrected chi connectivity index (χ3v) is 3.39. The van der Waals surface area contributed by atoms with Gasteiger partial charge in [-0.25, -0.2) is 9.97 Å². The van der Waals surface area contributed by atoms with Gasteiger partial charge in [0.25, 0.3) is 0 Å². The SMILES string of the molecule is Nc1ncnc(N(CCO)C2CCCC2)c1[N+](=O)[O-]. The summed E-state index contributed by atoms with van der Waals surface area (Å²) in [5.41, 5.74) is 5.30. The number of aliphatic hydroxyl groups is 1. The van der Waals surface area contributed by atoms with Crippen molar-refractivity contribution in [2.75, 3.05) is 23.8 Å². The average Bonchev–Trinajstić information content (AvgIpc) is 2.88. The molecule has 3 N–H and O–H groups in total. The van der Waals surface area contributed by atoms with E-state index in [9.17, 15) is 15.2 Å². The van der Waals surface area contributed by atoms with E-state index in [1.165, 1.54) is 6.33 Å². The molecule has 0 aliphatic heterocycles. The number of hydrogen-bond donors (Lipinski definition) is 2. The van der Waals surface area contributed by atoms with Gasteiger partial charge >= 0.3 is 5.69 Å². The van der Waals surface area contributed by atoms with Crippen LogP contribution in [0.5, 0.6) is 0 Å². The van der Waals surface area contributed by atoms with Gasteiger partial charge in [-0.3, -0.25) is 10.1 Å². The lowest BCUT2D eigenvalue weighted by molar-refractivity contribution is -0.383. The van der Waals surface area contributed by atoms with Gasteiger partial charge in [0.05, 0.1) is 11.5 Å². The summed E-state index contributed by atoms with van der Waals surface area (Å²) >= 11 is 0. The van der Waals surface area contributed by atoms with Crippen molar-refractivity contribution in [1.82, 2.24) is 9.97 Å². The number of nitrogens with two attached hydrogens (primary N) is 1. The van der Waals surface area contributed by atoms with Crippen LogP contribution in [-0.4, -0.2) is 39.2 Å². The van der Waals surface area contributed by atoms with Gasteiger partial charge in [0.15, 0.2) is 0 Å². The summed E-state index contributed by atoms with van der Waals surface area (Å²) in [6.45, 7) is 0.222. The van der Waals surface area contributed by atoms with Crippen molar-refractivity contribution in [2.45, 2.75) is 31.7 Å². The summed E-state index contributed by atoms with van der Waals surface area (Å²) < 4.78 is 0. The Kier molecular flexibility index (Phi) is 4.10. The van der Waals surface area contributed by atoms with Crippen LogP contribution >= 0.6 is 0 Å². The van der Waals surface area contributed by atoms with E-state index in [4.69, 9.17) is 5.73 Å². The molecular weight excluding hydrogens is 250 g/mol. The molecule has 1 saturated carbocycles. The third-order valence-electron chi connectivity index (χ3n) is 3.39. The van der Waals surface area contributed by atoms with E-state index in [-0.39, 0.29) is 30.0 Å². The predicted octanol–water partition coefficient (Wildman–Crippen LogP) is 0.708. The number of aliphatic hydroxyl groups excluding tert-OH is 1. The number of hydrogen-bond acceptors (Lipinski definition) is 7. The lowest BCUT2D eigenvalue weighted by Crippen LogP contribution is -2.37. The summed E-state index contributed by atoms with van der Waals surface area (Å²) in [7, 11) is 0. The highest BCUT2D eigenvalue weighted by Crippen LogP contribution is 2.34. The van der Waals surface area contributed by atoms with E-state index in [1.54, 1.807) is 4.90 Å². The first-order valence-corrected chi connectivity index (χ1v) is 6.27. The lowest BCUT2D eigenvalue weighted by atomic mass is 10.2. The van der Waals surface area contributed by atoms with Crippen LogP contribution in [0.1, 0.15) is 25.7 Å². The Morgan fingerprint density at radius 3 is 2.74 bits per heavy atom. The Labute approximate surface area is 110 Å². The lowest BCUT2D eigenvalue weighted by Gasteiger charge is -2.28. The van der Waals surface area contributed by atoms with Gasteiger partial charge in [0, 0.05) is 12.6 Å². The molecule has 0 amide bonds. The molecule has 0 saturated heterocycles. The Morgan fingerprint density at radius 1 is 1.47 bits per heavy atom. The minimum Gasteiger partial charge on any atom is -0.395 e. The molecule has 0 atom stereocenters. The van der Waals surface area contributed by atoms with Crippen LogP contribution < -0.4 is 10.6 Å². The smallest absolute Gasteiger partial charge is 0.353 e. The Bertz CT molecular complexity index is 462. The summed E-state index contributed by atoms with van der Waals surface area (Å²) in [4.78, 5) is 20.0. The maximum atomic E-state index is 11.1. The zero-order valence-electron chi connectivity index (χ0n) is 10.5. The molecule has 19 heavy (non-hydrogen) atoms. The van der Waals surface area contributed by atoms with Crippen molar-refractivity contribution < 1.29 is 10.0 Å². The van der Waals surface area contributed by atoms with Gasteiger partial charge < -0.3 is 15.7 Å². The van der Waals surface area contributed by atoms with Gasteiger partial charge in [0.2, 0.25) is 11.6 Å². The van der Waals surface area contributed by atoms with E-state index >= 15 is 0 Å². The van der Waals surface area contributed by atoms with Crippen molar-refractivity contribution in [3.8, 4) is 0 Å². The highest BCUT2D eigenvalue weighted by molar-refractivity contribution is 5.68. The minimum atomic E-state index is -0.565.